The van der Waals surface area contributed by atoms with Crippen molar-refractivity contribution in [2.75, 3.05) is 44.6 Å². The predicted octanol–water partition coefficient (Wildman–Crippen LogP) is 0.449. The number of urea groups is 1. The van der Waals surface area contributed by atoms with Crippen molar-refractivity contribution in [3.63, 3.8) is 0 Å². The summed E-state index contributed by atoms with van der Waals surface area (Å²) in [4.78, 5) is 33.0. The fourth-order valence-corrected chi connectivity index (χ4v) is 4.75. The van der Waals surface area contributed by atoms with Crippen LogP contribution >= 0.6 is 0 Å². The maximum absolute atomic E-state index is 12.5. The summed E-state index contributed by atoms with van der Waals surface area (Å²) in [5, 5.41) is 5.92. The summed E-state index contributed by atoms with van der Waals surface area (Å²) in [5.41, 5.74) is 7.66. The molecule has 164 valence electrons. The Morgan fingerprint density at radius 2 is 1.90 bits per heavy atom. The van der Waals surface area contributed by atoms with Crippen LogP contribution in [-0.4, -0.2) is 70.7 Å². The maximum Gasteiger partial charge on any atom is 0.354 e. The number of carbonyl (C=O) groups is 1. The second kappa shape index (κ2) is 8.41. The molecule has 3 aliphatic rings. The Morgan fingerprint density at radius 1 is 1.13 bits per heavy atom. The van der Waals surface area contributed by atoms with Crippen molar-refractivity contribution in [3.8, 4) is 5.69 Å². The molecule has 9 heteroatoms. The Labute approximate surface area is 181 Å². The van der Waals surface area contributed by atoms with E-state index in [1.165, 1.54) is 16.6 Å². The lowest BCUT2D eigenvalue weighted by atomic mass is 10.1. The summed E-state index contributed by atoms with van der Waals surface area (Å²) in [6.45, 7) is 5.90. The fourth-order valence-electron chi connectivity index (χ4n) is 4.75. The van der Waals surface area contributed by atoms with Crippen LogP contribution in [0.15, 0.2) is 41.3 Å². The van der Waals surface area contributed by atoms with Gasteiger partial charge in [0.15, 0.2) is 0 Å². The molecule has 3 heterocycles. The highest BCUT2D eigenvalue weighted by Gasteiger charge is 2.49. The molecule has 2 aromatic rings. The van der Waals surface area contributed by atoms with Gasteiger partial charge in [-0.05, 0) is 48.6 Å². The number of rotatable bonds is 4. The third-order valence-electron chi connectivity index (χ3n) is 6.71. The molecule has 3 atom stereocenters. The van der Waals surface area contributed by atoms with Gasteiger partial charge in [0.05, 0.1) is 5.69 Å². The molecule has 1 saturated carbocycles. The Hall–Kier alpha value is -2.75. The number of amides is 2. The van der Waals surface area contributed by atoms with E-state index in [1.807, 2.05) is 12.1 Å². The second-order valence-corrected chi connectivity index (χ2v) is 8.73. The lowest BCUT2D eigenvalue weighted by Crippen LogP contribution is -2.48. The lowest BCUT2D eigenvalue weighted by molar-refractivity contribution is 0.204. The monoisotopic (exact) mass is 423 g/mol. The maximum atomic E-state index is 12.5. The molecule has 2 amide bonds. The first-order valence-corrected chi connectivity index (χ1v) is 11.0. The molecular formula is C22H29N7O2. The van der Waals surface area contributed by atoms with Crippen molar-refractivity contribution in [2.24, 2.45) is 17.6 Å². The van der Waals surface area contributed by atoms with Gasteiger partial charge in [-0.25, -0.2) is 9.59 Å². The van der Waals surface area contributed by atoms with E-state index >= 15 is 0 Å². The molecule has 1 aromatic heterocycles. The molecule has 5 rings (SSSR count). The largest absolute Gasteiger partial charge is 0.354 e. The molecule has 0 unspecified atom stereocenters. The summed E-state index contributed by atoms with van der Waals surface area (Å²) >= 11 is 0. The van der Waals surface area contributed by atoms with Crippen LogP contribution in [0.5, 0.6) is 0 Å². The van der Waals surface area contributed by atoms with Gasteiger partial charge in [0.1, 0.15) is 5.82 Å². The summed E-state index contributed by atoms with van der Waals surface area (Å²) in [6.07, 6.45) is 2.85. The topological polar surface area (TPSA) is 109 Å². The van der Waals surface area contributed by atoms with E-state index in [-0.39, 0.29) is 11.8 Å². The Bertz CT molecular complexity index is 1000. The quantitative estimate of drug-likeness (QED) is 0.659. The number of benzene rings is 1. The Balaban J connectivity index is 1.21. The van der Waals surface area contributed by atoms with Gasteiger partial charge in [0, 0.05) is 51.5 Å². The normalized spacial score (nSPS) is 25.7. The average molecular weight is 424 g/mol. The van der Waals surface area contributed by atoms with Gasteiger partial charge in [0.2, 0.25) is 0 Å². The first-order chi connectivity index (χ1) is 15.1. The van der Waals surface area contributed by atoms with Crippen molar-refractivity contribution in [2.45, 2.75) is 19.0 Å². The number of nitrogens with zero attached hydrogens (tertiary/aromatic N) is 4. The first-order valence-electron chi connectivity index (χ1n) is 11.0. The van der Waals surface area contributed by atoms with Crippen molar-refractivity contribution in [3.05, 3.63) is 52.6 Å². The zero-order valence-electron chi connectivity index (χ0n) is 17.5. The number of anilines is 1. The molecule has 31 heavy (non-hydrogen) atoms. The van der Waals surface area contributed by atoms with Crippen molar-refractivity contribution < 1.29 is 4.79 Å². The van der Waals surface area contributed by atoms with E-state index in [9.17, 15) is 9.59 Å². The van der Waals surface area contributed by atoms with E-state index in [2.05, 4.69) is 32.7 Å². The molecule has 1 aromatic carbocycles. The molecule has 0 spiro atoms. The van der Waals surface area contributed by atoms with Crippen LogP contribution in [-0.2, 0) is 6.54 Å². The Morgan fingerprint density at radius 3 is 2.61 bits per heavy atom. The van der Waals surface area contributed by atoms with Gasteiger partial charge in [0.25, 0.3) is 0 Å². The van der Waals surface area contributed by atoms with Crippen LogP contribution in [0.2, 0.25) is 0 Å². The SMILES string of the molecule is N[C@@H]1[C@H]2CN(Cc3ccc(-n4ccc(NC(=O)N5CCNCC5)nc4=O)cc3)CC[C@@H]12. The molecule has 9 nitrogen and oxygen atoms in total. The van der Waals surface area contributed by atoms with Gasteiger partial charge >= 0.3 is 11.7 Å². The number of aromatic nitrogens is 2. The molecule has 0 radical (unpaired) electrons. The van der Waals surface area contributed by atoms with Gasteiger partial charge in [-0.15, -0.1) is 0 Å². The number of nitrogens with two attached hydrogens (primary N) is 1. The second-order valence-electron chi connectivity index (χ2n) is 8.73. The average Bonchev–Trinajstić information content (AvgIpc) is 3.44. The molecule has 4 N–H and O–H groups in total. The number of likely N-dealkylation sites (tertiary alicyclic amines) is 1. The standard InChI is InChI=1S/C22H29N7O2/c23-20-17-5-9-27(14-18(17)20)13-15-1-3-16(4-2-15)29-10-6-19(26-22(29)31)25-21(30)28-11-7-24-8-12-28/h1-4,6,10,17-18,20,24H,5,7-9,11-14,23H2,(H,25,26,30,31)/t17-,18+,20+/m1/s1. The van der Waals surface area contributed by atoms with E-state index in [4.69, 9.17) is 5.73 Å². The van der Waals surface area contributed by atoms with E-state index in [1.54, 1.807) is 17.2 Å². The van der Waals surface area contributed by atoms with Crippen LogP contribution < -0.4 is 22.1 Å². The number of carbonyl (C=O) groups excluding carboxylic acids is 1. The number of nitrogens with one attached hydrogen (secondary N) is 2. The third kappa shape index (κ3) is 4.34. The number of piperidine rings is 1. The fraction of sp³-hybridized carbons (Fsp3) is 0.500. The molecule has 2 aliphatic heterocycles. The van der Waals surface area contributed by atoms with Crippen molar-refractivity contribution in [1.29, 1.82) is 0 Å². The highest BCUT2D eigenvalue weighted by molar-refractivity contribution is 5.88. The van der Waals surface area contributed by atoms with Gasteiger partial charge in [-0.3, -0.25) is 14.8 Å². The number of piperazine rings is 1. The van der Waals surface area contributed by atoms with Crippen LogP contribution in [0.1, 0.15) is 12.0 Å². The van der Waals surface area contributed by atoms with Crippen LogP contribution in [0, 0.1) is 11.8 Å². The summed E-state index contributed by atoms with van der Waals surface area (Å²) in [5.74, 6) is 1.67. The minimum Gasteiger partial charge on any atom is -0.327 e. The number of hydrogen-bond acceptors (Lipinski definition) is 6. The van der Waals surface area contributed by atoms with Crippen LogP contribution in [0.4, 0.5) is 10.6 Å². The number of fused-ring (bicyclic) bond motifs is 1. The third-order valence-corrected chi connectivity index (χ3v) is 6.71. The minimum atomic E-state index is -0.421. The summed E-state index contributed by atoms with van der Waals surface area (Å²) in [7, 11) is 0. The van der Waals surface area contributed by atoms with Crippen LogP contribution in [0.3, 0.4) is 0 Å². The smallest absolute Gasteiger partial charge is 0.327 e. The van der Waals surface area contributed by atoms with Crippen molar-refractivity contribution >= 4 is 11.8 Å². The zero-order chi connectivity index (χ0) is 21.4. The van der Waals surface area contributed by atoms with E-state index in [0.717, 1.165) is 44.3 Å². The molecule has 1 aliphatic carbocycles. The molecule has 0 bridgehead atoms. The Kier molecular flexibility index (Phi) is 5.47. The van der Waals surface area contributed by atoms with Crippen molar-refractivity contribution in [1.82, 2.24) is 24.7 Å². The van der Waals surface area contributed by atoms with Crippen LogP contribution in [0.25, 0.3) is 5.69 Å². The molecular weight excluding hydrogens is 394 g/mol. The lowest BCUT2D eigenvalue weighted by Gasteiger charge is -2.27. The van der Waals surface area contributed by atoms with E-state index < -0.39 is 5.69 Å². The van der Waals surface area contributed by atoms with Gasteiger partial charge in [-0.2, -0.15) is 4.98 Å². The zero-order valence-corrected chi connectivity index (χ0v) is 17.5. The summed E-state index contributed by atoms with van der Waals surface area (Å²) in [6, 6.07) is 9.81. The number of hydrogen-bond donors (Lipinski definition) is 3. The molecule has 3 fully saturated rings. The van der Waals surface area contributed by atoms with Gasteiger partial charge < -0.3 is 16.0 Å². The predicted molar refractivity (Wildman–Crippen MR) is 118 cm³/mol. The minimum absolute atomic E-state index is 0.230. The molecule has 2 saturated heterocycles. The first kappa shape index (κ1) is 20.2. The summed E-state index contributed by atoms with van der Waals surface area (Å²) < 4.78 is 1.49. The van der Waals surface area contributed by atoms with E-state index in [0.29, 0.717) is 25.0 Å². The highest BCUT2D eigenvalue weighted by atomic mass is 16.2. The highest BCUT2D eigenvalue weighted by Crippen LogP contribution is 2.43. The van der Waals surface area contributed by atoms with Gasteiger partial charge in [-0.1, -0.05) is 12.1 Å².